The molecule has 0 aromatic heterocycles. The number of carbonyl (C=O) groups excluding carboxylic acids is 1. The van der Waals surface area contributed by atoms with Crippen molar-refractivity contribution in [2.45, 2.75) is 31.5 Å². The van der Waals surface area contributed by atoms with Crippen LogP contribution in [0.3, 0.4) is 0 Å². The lowest BCUT2D eigenvalue weighted by molar-refractivity contribution is -0.146. The summed E-state index contributed by atoms with van der Waals surface area (Å²) < 4.78 is 16.3. The van der Waals surface area contributed by atoms with Crippen LogP contribution in [0.4, 0.5) is 0 Å². The maximum absolute atomic E-state index is 11.3. The molecule has 4 nitrogen and oxygen atoms in total. The van der Waals surface area contributed by atoms with Gasteiger partial charge in [-0.25, -0.2) is 4.79 Å². The molecule has 0 N–H and O–H groups in total. The Hall–Kier alpha value is -1.71. The second-order valence-electron chi connectivity index (χ2n) is 5.41. The average molecular weight is 278 g/mol. The normalized spacial score (nSPS) is 32.2. The minimum absolute atomic E-state index is 0.00319. The Morgan fingerprint density at radius 1 is 1.15 bits per heavy atom. The fraction of sp³-hybridized carbons (Fsp3) is 0.562. The van der Waals surface area contributed by atoms with Gasteiger partial charge in [0.2, 0.25) is 0 Å². The van der Waals surface area contributed by atoms with Gasteiger partial charge < -0.3 is 14.2 Å². The Bertz CT molecular complexity index is 390. The molecule has 2 aliphatic carbocycles. The van der Waals surface area contributed by atoms with Gasteiger partial charge >= 0.3 is 5.97 Å². The lowest BCUT2D eigenvalue weighted by Gasteiger charge is -2.32. The quantitative estimate of drug-likeness (QED) is 0.389. The summed E-state index contributed by atoms with van der Waals surface area (Å²) >= 11 is 0. The van der Waals surface area contributed by atoms with Gasteiger partial charge in [-0.05, 0) is 31.1 Å². The second kappa shape index (κ2) is 6.64. The van der Waals surface area contributed by atoms with Crippen LogP contribution in [0, 0.1) is 17.8 Å². The summed E-state index contributed by atoms with van der Waals surface area (Å²) in [4.78, 5) is 11.3. The standard InChI is InChI=1S/C16H22O4/c1-4-16(17)20-14-9-11-7-12(14)8-13(11)15(19-6-3)10-18-5-2/h4-6,11-15H,1-3,7-10H2. The van der Waals surface area contributed by atoms with Gasteiger partial charge in [0.1, 0.15) is 18.8 Å². The SMILES string of the molecule is C=COCC(OC=C)C1CC2CC1CC2OC(=O)C=C. The average Bonchev–Trinajstić information content (AvgIpc) is 3.03. The van der Waals surface area contributed by atoms with Crippen molar-refractivity contribution in [3.8, 4) is 0 Å². The molecule has 110 valence electrons. The van der Waals surface area contributed by atoms with Gasteiger partial charge in [0.05, 0.1) is 12.5 Å². The largest absolute Gasteiger partial charge is 0.498 e. The second-order valence-corrected chi connectivity index (χ2v) is 5.41. The molecular weight excluding hydrogens is 256 g/mol. The van der Waals surface area contributed by atoms with Gasteiger partial charge in [-0.1, -0.05) is 19.7 Å². The molecule has 5 unspecified atom stereocenters. The third-order valence-corrected chi connectivity index (χ3v) is 4.41. The summed E-state index contributed by atoms with van der Waals surface area (Å²) in [5.41, 5.74) is 0. The molecule has 0 heterocycles. The first-order valence-corrected chi connectivity index (χ1v) is 7.01. The van der Waals surface area contributed by atoms with Gasteiger partial charge in [0, 0.05) is 12.0 Å². The van der Waals surface area contributed by atoms with E-state index in [0.29, 0.717) is 24.4 Å². The molecule has 2 bridgehead atoms. The number of hydrogen-bond acceptors (Lipinski definition) is 4. The number of hydrogen-bond donors (Lipinski definition) is 0. The van der Waals surface area contributed by atoms with Crippen molar-refractivity contribution in [3.63, 3.8) is 0 Å². The molecule has 4 heteroatoms. The van der Waals surface area contributed by atoms with Crippen LogP contribution >= 0.6 is 0 Å². The first-order valence-electron chi connectivity index (χ1n) is 7.01. The van der Waals surface area contributed by atoms with E-state index in [-0.39, 0.29) is 18.2 Å². The van der Waals surface area contributed by atoms with E-state index in [9.17, 15) is 4.79 Å². The number of esters is 1. The van der Waals surface area contributed by atoms with Gasteiger partial charge in [-0.3, -0.25) is 0 Å². The molecule has 2 aliphatic rings. The van der Waals surface area contributed by atoms with Crippen LogP contribution in [0.15, 0.2) is 38.3 Å². The van der Waals surface area contributed by atoms with Crippen LogP contribution in [0.5, 0.6) is 0 Å². The Labute approximate surface area is 120 Å². The third kappa shape index (κ3) is 3.06. The molecule has 0 aliphatic heterocycles. The maximum Gasteiger partial charge on any atom is 0.330 e. The molecule has 2 fully saturated rings. The maximum atomic E-state index is 11.3. The van der Waals surface area contributed by atoms with E-state index in [4.69, 9.17) is 14.2 Å². The lowest BCUT2D eigenvalue weighted by Crippen LogP contribution is -2.35. The van der Waals surface area contributed by atoms with Crippen molar-refractivity contribution >= 4 is 5.97 Å². The van der Waals surface area contributed by atoms with Gasteiger partial charge in [0.25, 0.3) is 0 Å². The third-order valence-electron chi connectivity index (χ3n) is 4.41. The Morgan fingerprint density at radius 3 is 2.50 bits per heavy atom. The molecule has 0 aromatic carbocycles. The molecule has 0 spiro atoms. The molecule has 0 saturated heterocycles. The zero-order chi connectivity index (χ0) is 14.5. The topological polar surface area (TPSA) is 44.8 Å². The predicted octanol–water partition coefficient (Wildman–Crippen LogP) is 2.82. The van der Waals surface area contributed by atoms with E-state index < -0.39 is 0 Å². The van der Waals surface area contributed by atoms with Crippen molar-refractivity contribution in [1.29, 1.82) is 0 Å². The van der Waals surface area contributed by atoms with Crippen molar-refractivity contribution < 1.29 is 19.0 Å². The fourth-order valence-electron chi connectivity index (χ4n) is 3.61. The minimum Gasteiger partial charge on any atom is -0.498 e. The summed E-state index contributed by atoms with van der Waals surface area (Å²) in [6, 6.07) is 0. The fourth-order valence-corrected chi connectivity index (χ4v) is 3.61. The molecule has 2 rings (SSSR count). The van der Waals surface area contributed by atoms with Gasteiger partial charge in [0.15, 0.2) is 0 Å². The molecule has 2 saturated carbocycles. The monoisotopic (exact) mass is 278 g/mol. The highest BCUT2D eigenvalue weighted by atomic mass is 16.5. The number of carbonyl (C=O) groups is 1. The van der Waals surface area contributed by atoms with E-state index in [0.717, 1.165) is 19.3 Å². The first kappa shape index (κ1) is 14.7. The summed E-state index contributed by atoms with van der Waals surface area (Å²) in [6.45, 7) is 11.1. The van der Waals surface area contributed by atoms with Crippen LogP contribution < -0.4 is 0 Å². The van der Waals surface area contributed by atoms with Crippen LogP contribution in [-0.4, -0.2) is 24.8 Å². The van der Waals surface area contributed by atoms with E-state index in [1.54, 1.807) is 0 Å². The van der Waals surface area contributed by atoms with E-state index in [1.807, 2.05) is 0 Å². The van der Waals surface area contributed by atoms with E-state index in [1.165, 1.54) is 18.6 Å². The number of ether oxygens (including phenoxy) is 3. The zero-order valence-corrected chi connectivity index (χ0v) is 11.7. The summed E-state index contributed by atoms with van der Waals surface area (Å²) in [7, 11) is 0. The molecule has 0 radical (unpaired) electrons. The van der Waals surface area contributed by atoms with Crippen molar-refractivity contribution in [3.05, 3.63) is 38.3 Å². The van der Waals surface area contributed by atoms with Crippen molar-refractivity contribution in [2.75, 3.05) is 6.61 Å². The summed E-state index contributed by atoms with van der Waals surface area (Å²) in [6.07, 6.45) is 7.15. The molecule has 0 aromatic rings. The Morgan fingerprint density at radius 2 is 1.95 bits per heavy atom. The lowest BCUT2D eigenvalue weighted by atomic mass is 9.83. The molecule has 20 heavy (non-hydrogen) atoms. The highest BCUT2D eigenvalue weighted by molar-refractivity contribution is 5.81. The molecule has 5 atom stereocenters. The van der Waals surface area contributed by atoms with Crippen molar-refractivity contribution in [1.82, 2.24) is 0 Å². The van der Waals surface area contributed by atoms with Gasteiger partial charge in [-0.2, -0.15) is 0 Å². The molecular formula is C16H22O4. The highest BCUT2D eigenvalue weighted by Gasteiger charge is 2.50. The first-order chi connectivity index (χ1) is 9.69. The Kier molecular flexibility index (Phi) is 4.88. The van der Waals surface area contributed by atoms with Crippen LogP contribution in [-0.2, 0) is 19.0 Å². The van der Waals surface area contributed by atoms with Crippen LogP contribution in [0.2, 0.25) is 0 Å². The smallest absolute Gasteiger partial charge is 0.330 e. The highest BCUT2D eigenvalue weighted by Crippen LogP contribution is 2.51. The number of fused-ring (bicyclic) bond motifs is 2. The molecule has 0 amide bonds. The van der Waals surface area contributed by atoms with Crippen LogP contribution in [0.1, 0.15) is 19.3 Å². The van der Waals surface area contributed by atoms with Gasteiger partial charge in [-0.15, -0.1) is 0 Å². The predicted molar refractivity (Wildman–Crippen MR) is 75.6 cm³/mol. The van der Waals surface area contributed by atoms with Crippen LogP contribution in [0.25, 0.3) is 0 Å². The van der Waals surface area contributed by atoms with Crippen molar-refractivity contribution in [2.24, 2.45) is 17.8 Å². The minimum atomic E-state index is -0.326. The van der Waals surface area contributed by atoms with E-state index >= 15 is 0 Å². The summed E-state index contributed by atoms with van der Waals surface area (Å²) in [5.74, 6) is 1.04. The van der Waals surface area contributed by atoms with E-state index in [2.05, 4.69) is 19.7 Å². The summed E-state index contributed by atoms with van der Waals surface area (Å²) in [5, 5.41) is 0. The Balaban J connectivity index is 1.91. The number of rotatable bonds is 8. The zero-order valence-electron chi connectivity index (χ0n) is 11.7.